The minimum Gasteiger partial charge on any atom is -0.361 e. The van der Waals surface area contributed by atoms with Gasteiger partial charge >= 0.3 is 0 Å². The zero-order valence-electron chi connectivity index (χ0n) is 14.0. The SMILES string of the molecule is CN=C(NCCc1c(C)noc1C)NC(C)c1cccc(Cl)c1. The van der Waals surface area contributed by atoms with Crippen LogP contribution in [0.1, 0.15) is 35.5 Å². The van der Waals surface area contributed by atoms with E-state index in [2.05, 4.69) is 27.7 Å². The molecular weight excluding hydrogens is 312 g/mol. The van der Waals surface area contributed by atoms with Gasteiger partial charge in [0, 0.05) is 24.2 Å². The van der Waals surface area contributed by atoms with E-state index < -0.39 is 0 Å². The number of benzene rings is 1. The lowest BCUT2D eigenvalue weighted by molar-refractivity contribution is 0.392. The Morgan fingerprint density at radius 2 is 2.17 bits per heavy atom. The van der Waals surface area contributed by atoms with Crippen LogP contribution >= 0.6 is 11.6 Å². The lowest BCUT2D eigenvalue weighted by Crippen LogP contribution is -2.39. The molecule has 0 spiro atoms. The first-order valence-corrected chi connectivity index (χ1v) is 8.03. The molecule has 2 rings (SSSR count). The van der Waals surface area contributed by atoms with Gasteiger partial charge in [0.25, 0.3) is 0 Å². The number of guanidine groups is 1. The maximum absolute atomic E-state index is 6.04. The molecule has 1 heterocycles. The summed E-state index contributed by atoms with van der Waals surface area (Å²) in [7, 11) is 1.76. The quantitative estimate of drug-likeness (QED) is 0.649. The number of aryl methyl sites for hydroxylation is 2. The summed E-state index contributed by atoms with van der Waals surface area (Å²) >= 11 is 6.04. The molecule has 1 unspecified atom stereocenters. The summed E-state index contributed by atoms with van der Waals surface area (Å²) in [6.07, 6.45) is 0.841. The fraction of sp³-hybridized carbons (Fsp3) is 0.412. The molecule has 1 aromatic heterocycles. The molecule has 0 aliphatic carbocycles. The Labute approximate surface area is 142 Å². The van der Waals surface area contributed by atoms with Crippen molar-refractivity contribution in [2.24, 2.45) is 4.99 Å². The van der Waals surface area contributed by atoms with E-state index in [1.54, 1.807) is 7.05 Å². The zero-order chi connectivity index (χ0) is 16.8. The van der Waals surface area contributed by atoms with Crippen molar-refractivity contribution in [2.75, 3.05) is 13.6 Å². The van der Waals surface area contributed by atoms with Crippen LogP contribution in [0.4, 0.5) is 0 Å². The number of halogens is 1. The average Bonchev–Trinajstić information content (AvgIpc) is 2.85. The van der Waals surface area contributed by atoms with Gasteiger partial charge in [-0.15, -0.1) is 0 Å². The highest BCUT2D eigenvalue weighted by Gasteiger charge is 2.10. The molecule has 0 saturated carbocycles. The van der Waals surface area contributed by atoms with Crippen molar-refractivity contribution in [3.8, 4) is 0 Å². The number of nitrogens with zero attached hydrogens (tertiary/aromatic N) is 2. The van der Waals surface area contributed by atoms with Crippen LogP contribution in [0.3, 0.4) is 0 Å². The average molecular weight is 335 g/mol. The van der Waals surface area contributed by atoms with Crippen molar-refractivity contribution >= 4 is 17.6 Å². The van der Waals surface area contributed by atoms with Crippen LogP contribution in [0.25, 0.3) is 0 Å². The van der Waals surface area contributed by atoms with Gasteiger partial charge in [-0.3, -0.25) is 4.99 Å². The maximum atomic E-state index is 6.04. The molecule has 0 aliphatic rings. The topological polar surface area (TPSA) is 62.5 Å². The monoisotopic (exact) mass is 334 g/mol. The number of rotatable bonds is 5. The summed E-state index contributed by atoms with van der Waals surface area (Å²) < 4.78 is 5.18. The van der Waals surface area contributed by atoms with Crippen molar-refractivity contribution in [3.05, 3.63) is 51.9 Å². The molecule has 0 fully saturated rings. The Hall–Kier alpha value is -2.01. The Balaban J connectivity index is 1.88. The van der Waals surface area contributed by atoms with Crippen molar-refractivity contribution in [2.45, 2.75) is 33.2 Å². The molecule has 0 radical (unpaired) electrons. The second-order valence-corrected chi connectivity index (χ2v) is 5.91. The van der Waals surface area contributed by atoms with Crippen LogP contribution in [0, 0.1) is 13.8 Å². The van der Waals surface area contributed by atoms with E-state index >= 15 is 0 Å². The van der Waals surface area contributed by atoms with E-state index in [9.17, 15) is 0 Å². The summed E-state index contributed by atoms with van der Waals surface area (Å²) in [4.78, 5) is 4.26. The lowest BCUT2D eigenvalue weighted by atomic mass is 10.1. The lowest BCUT2D eigenvalue weighted by Gasteiger charge is -2.18. The van der Waals surface area contributed by atoms with Gasteiger partial charge in [0.2, 0.25) is 0 Å². The Morgan fingerprint density at radius 1 is 1.39 bits per heavy atom. The molecule has 0 aliphatic heterocycles. The van der Waals surface area contributed by atoms with Crippen LogP contribution in [0.2, 0.25) is 5.02 Å². The summed E-state index contributed by atoms with van der Waals surface area (Å²) in [5.41, 5.74) is 3.21. The van der Waals surface area contributed by atoms with Crippen molar-refractivity contribution in [3.63, 3.8) is 0 Å². The highest BCUT2D eigenvalue weighted by atomic mass is 35.5. The van der Waals surface area contributed by atoms with Gasteiger partial charge in [-0.1, -0.05) is 28.9 Å². The number of hydrogen-bond acceptors (Lipinski definition) is 3. The first-order valence-electron chi connectivity index (χ1n) is 7.65. The van der Waals surface area contributed by atoms with E-state index in [4.69, 9.17) is 16.1 Å². The van der Waals surface area contributed by atoms with Crippen LogP contribution in [-0.4, -0.2) is 24.7 Å². The molecule has 6 heteroatoms. The minimum absolute atomic E-state index is 0.110. The van der Waals surface area contributed by atoms with E-state index in [1.165, 1.54) is 0 Å². The zero-order valence-corrected chi connectivity index (χ0v) is 14.7. The number of nitrogens with one attached hydrogen (secondary N) is 2. The fourth-order valence-electron chi connectivity index (χ4n) is 2.42. The van der Waals surface area contributed by atoms with Gasteiger partial charge in [0.1, 0.15) is 5.76 Å². The van der Waals surface area contributed by atoms with Gasteiger partial charge in [-0.05, 0) is 44.9 Å². The van der Waals surface area contributed by atoms with Gasteiger partial charge in [-0.2, -0.15) is 0 Å². The van der Waals surface area contributed by atoms with Crippen molar-refractivity contribution in [1.82, 2.24) is 15.8 Å². The minimum atomic E-state index is 0.110. The first kappa shape index (κ1) is 17.3. The Morgan fingerprint density at radius 3 is 2.78 bits per heavy atom. The molecule has 2 N–H and O–H groups in total. The molecule has 124 valence electrons. The van der Waals surface area contributed by atoms with E-state index in [-0.39, 0.29) is 6.04 Å². The van der Waals surface area contributed by atoms with Gasteiger partial charge in [0.15, 0.2) is 5.96 Å². The van der Waals surface area contributed by atoms with Crippen molar-refractivity contribution in [1.29, 1.82) is 0 Å². The molecule has 1 aromatic carbocycles. The predicted octanol–water partition coefficient (Wildman–Crippen LogP) is 3.41. The first-order chi connectivity index (χ1) is 11.0. The second-order valence-electron chi connectivity index (χ2n) is 5.47. The molecule has 2 aromatic rings. The van der Waals surface area contributed by atoms with Gasteiger partial charge < -0.3 is 15.2 Å². The molecule has 0 bridgehead atoms. The van der Waals surface area contributed by atoms with Crippen LogP contribution in [0.15, 0.2) is 33.8 Å². The second kappa shape index (κ2) is 8.02. The smallest absolute Gasteiger partial charge is 0.191 e. The largest absolute Gasteiger partial charge is 0.361 e. The number of hydrogen-bond donors (Lipinski definition) is 2. The van der Waals surface area contributed by atoms with Gasteiger partial charge in [-0.25, -0.2) is 0 Å². The standard InChI is InChI=1S/C17H23ClN4O/c1-11(14-6-5-7-15(18)10-14)21-17(19-4)20-9-8-16-12(2)22-23-13(16)3/h5-7,10-11H,8-9H2,1-4H3,(H2,19,20,21). The number of aromatic nitrogens is 1. The van der Waals surface area contributed by atoms with E-state index in [1.807, 2.05) is 38.1 Å². The normalized spacial score (nSPS) is 13.0. The molecule has 23 heavy (non-hydrogen) atoms. The summed E-state index contributed by atoms with van der Waals surface area (Å²) in [6.45, 7) is 6.72. The van der Waals surface area contributed by atoms with Crippen LogP contribution in [-0.2, 0) is 6.42 Å². The fourth-order valence-corrected chi connectivity index (χ4v) is 2.62. The molecule has 5 nitrogen and oxygen atoms in total. The molecule has 0 saturated heterocycles. The predicted molar refractivity (Wildman–Crippen MR) is 94.0 cm³/mol. The highest BCUT2D eigenvalue weighted by Crippen LogP contribution is 2.17. The molecular formula is C17H23ClN4O. The van der Waals surface area contributed by atoms with Crippen molar-refractivity contribution < 1.29 is 4.52 Å². The summed E-state index contributed by atoms with van der Waals surface area (Å²) in [6, 6.07) is 7.92. The van der Waals surface area contributed by atoms with Crippen LogP contribution < -0.4 is 10.6 Å². The maximum Gasteiger partial charge on any atom is 0.191 e. The van der Waals surface area contributed by atoms with E-state index in [0.29, 0.717) is 0 Å². The Kier molecular flexibility index (Phi) is 6.04. The Bertz CT molecular complexity index is 661. The molecule has 1 atom stereocenters. The van der Waals surface area contributed by atoms with E-state index in [0.717, 1.165) is 46.5 Å². The third-order valence-corrected chi connectivity index (χ3v) is 4.01. The third-order valence-electron chi connectivity index (χ3n) is 3.77. The summed E-state index contributed by atoms with van der Waals surface area (Å²) in [5.74, 6) is 1.63. The molecule has 0 amide bonds. The van der Waals surface area contributed by atoms with Crippen LogP contribution in [0.5, 0.6) is 0 Å². The number of aliphatic imine (C=N–C) groups is 1. The summed E-state index contributed by atoms with van der Waals surface area (Å²) in [5, 5.41) is 11.4. The third kappa shape index (κ3) is 4.73. The van der Waals surface area contributed by atoms with Gasteiger partial charge in [0.05, 0.1) is 11.7 Å². The highest BCUT2D eigenvalue weighted by molar-refractivity contribution is 6.30.